The molecule has 0 bridgehead atoms. The van der Waals surface area contributed by atoms with Crippen molar-refractivity contribution in [3.05, 3.63) is 64.3 Å². The smallest absolute Gasteiger partial charge is 0.291 e. The standard InChI is InChI=1S/C31H34ClF3N6O5/c1-38-22(20-7-8-24(46-4)26(33)25(20)27(34)35)15-36-28(38)29(43)37-17-5-6-19(21(32)13-17)30(44)39-9-11-40(12-10-39)31(45)23-14-18(42)16-41(23,2)3/h5-8,13,15,18,23,27,42H,9-12,14,16H2,1-4H3/p+1/t18-,23+/m1/s1. The molecule has 3 amide bonds. The van der Waals surface area contributed by atoms with E-state index < -0.39 is 29.8 Å². The van der Waals surface area contributed by atoms with Gasteiger partial charge in [-0.1, -0.05) is 11.6 Å². The first-order valence-corrected chi connectivity index (χ1v) is 15.0. The van der Waals surface area contributed by atoms with E-state index in [-0.39, 0.29) is 57.0 Å². The van der Waals surface area contributed by atoms with Crippen molar-refractivity contribution in [3.63, 3.8) is 0 Å². The first-order chi connectivity index (χ1) is 21.7. The third kappa shape index (κ3) is 6.29. The lowest BCUT2D eigenvalue weighted by atomic mass is 10.0. The van der Waals surface area contributed by atoms with Crippen molar-refractivity contribution < 1.29 is 41.9 Å². The number of quaternary nitrogens is 1. The van der Waals surface area contributed by atoms with Gasteiger partial charge in [-0.2, -0.15) is 0 Å². The van der Waals surface area contributed by atoms with Gasteiger partial charge in [-0.3, -0.25) is 14.4 Å². The summed E-state index contributed by atoms with van der Waals surface area (Å²) in [5, 5.41) is 12.8. The second kappa shape index (κ2) is 12.9. The molecule has 0 aliphatic carbocycles. The van der Waals surface area contributed by atoms with E-state index in [9.17, 15) is 32.7 Å². The number of likely N-dealkylation sites (N-methyl/N-ethyl adjacent to an activating group) is 1. The molecule has 0 saturated carbocycles. The highest BCUT2D eigenvalue weighted by Gasteiger charge is 2.46. The van der Waals surface area contributed by atoms with Gasteiger partial charge in [-0.15, -0.1) is 0 Å². The van der Waals surface area contributed by atoms with Gasteiger partial charge < -0.3 is 34.0 Å². The summed E-state index contributed by atoms with van der Waals surface area (Å²) in [7, 11) is 6.46. The highest BCUT2D eigenvalue weighted by molar-refractivity contribution is 6.34. The van der Waals surface area contributed by atoms with Gasteiger partial charge in [0.25, 0.3) is 24.1 Å². The number of aromatic nitrogens is 2. The summed E-state index contributed by atoms with van der Waals surface area (Å²) in [6, 6.07) is 6.56. The van der Waals surface area contributed by atoms with Gasteiger partial charge in [0.05, 0.1) is 49.2 Å². The van der Waals surface area contributed by atoms with Crippen molar-refractivity contribution in [2.45, 2.75) is 25.0 Å². The predicted molar refractivity (Wildman–Crippen MR) is 163 cm³/mol. The number of carbonyl (C=O) groups is 3. The van der Waals surface area contributed by atoms with Crippen LogP contribution >= 0.6 is 11.6 Å². The van der Waals surface area contributed by atoms with Gasteiger partial charge in [-0.25, -0.2) is 18.2 Å². The Balaban J connectivity index is 1.24. The Morgan fingerprint density at radius 2 is 1.78 bits per heavy atom. The van der Waals surface area contributed by atoms with E-state index in [0.717, 1.165) is 0 Å². The molecular weight excluding hydrogens is 629 g/mol. The Morgan fingerprint density at radius 3 is 2.37 bits per heavy atom. The Labute approximate surface area is 268 Å². The fourth-order valence-corrected chi connectivity index (χ4v) is 6.45. The number of carbonyl (C=O) groups excluding carboxylic acids is 3. The number of amides is 3. The molecule has 5 rings (SSSR count). The lowest BCUT2D eigenvalue weighted by Crippen LogP contribution is -2.58. The van der Waals surface area contributed by atoms with Crippen molar-refractivity contribution in [2.24, 2.45) is 7.05 Å². The minimum absolute atomic E-state index is 0.0303. The number of piperazine rings is 1. The molecule has 2 aromatic carbocycles. The summed E-state index contributed by atoms with van der Waals surface area (Å²) in [5.74, 6) is -2.71. The number of alkyl halides is 2. The fraction of sp³-hybridized carbons (Fsp3) is 0.419. The van der Waals surface area contributed by atoms with Gasteiger partial charge in [0.1, 0.15) is 12.6 Å². The summed E-state index contributed by atoms with van der Waals surface area (Å²) < 4.78 is 48.8. The molecule has 1 aromatic heterocycles. The first-order valence-electron chi connectivity index (χ1n) is 14.6. The summed E-state index contributed by atoms with van der Waals surface area (Å²) in [4.78, 5) is 46.9. The van der Waals surface area contributed by atoms with Crippen LogP contribution in [0.3, 0.4) is 0 Å². The van der Waals surface area contributed by atoms with Crippen LogP contribution in [0, 0.1) is 5.82 Å². The summed E-state index contributed by atoms with van der Waals surface area (Å²) >= 11 is 6.46. The molecule has 0 radical (unpaired) electrons. The third-order valence-corrected chi connectivity index (χ3v) is 9.00. The molecule has 11 nitrogen and oxygen atoms in total. The quantitative estimate of drug-likeness (QED) is 0.374. The second-order valence-corrected chi connectivity index (χ2v) is 12.4. The number of nitrogens with zero attached hydrogens (tertiary/aromatic N) is 5. The third-order valence-electron chi connectivity index (χ3n) is 8.69. The van der Waals surface area contributed by atoms with Crippen molar-refractivity contribution >= 4 is 35.0 Å². The molecule has 2 atom stereocenters. The number of aliphatic hydroxyl groups is 1. The van der Waals surface area contributed by atoms with Crippen LogP contribution in [-0.2, 0) is 11.8 Å². The van der Waals surface area contributed by atoms with Crippen LogP contribution in [0.5, 0.6) is 5.75 Å². The highest BCUT2D eigenvalue weighted by Crippen LogP contribution is 2.37. The minimum atomic E-state index is -3.15. The number of hydrogen-bond donors (Lipinski definition) is 2. The van der Waals surface area contributed by atoms with Crippen molar-refractivity contribution in [1.29, 1.82) is 0 Å². The molecule has 246 valence electrons. The molecular formula is C31H35ClF3N6O5+. The normalized spacial score (nSPS) is 19.4. The zero-order valence-corrected chi connectivity index (χ0v) is 26.5. The van der Waals surface area contributed by atoms with Crippen molar-refractivity contribution in [2.75, 3.05) is 59.2 Å². The molecule has 2 aliphatic rings. The average molecular weight is 664 g/mol. The van der Waals surface area contributed by atoms with Crippen LogP contribution in [0.1, 0.15) is 39.4 Å². The average Bonchev–Trinajstić information content (AvgIpc) is 3.53. The number of aliphatic hydroxyl groups excluding tert-OH is 1. The molecule has 0 spiro atoms. The maximum atomic E-state index is 14.7. The van der Waals surface area contributed by atoms with E-state index in [4.69, 9.17) is 16.3 Å². The zero-order chi connectivity index (χ0) is 33.5. The zero-order valence-electron chi connectivity index (χ0n) is 25.8. The lowest BCUT2D eigenvalue weighted by molar-refractivity contribution is -0.894. The number of benzene rings is 2. The van der Waals surface area contributed by atoms with Gasteiger partial charge in [0, 0.05) is 50.9 Å². The van der Waals surface area contributed by atoms with Crippen LogP contribution in [-0.4, -0.2) is 113 Å². The monoisotopic (exact) mass is 663 g/mol. The molecule has 2 fully saturated rings. The maximum absolute atomic E-state index is 14.7. The molecule has 15 heteroatoms. The number of ether oxygens (including phenoxy) is 1. The van der Waals surface area contributed by atoms with E-state index in [1.54, 1.807) is 9.80 Å². The van der Waals surface area contributed by atoms with Gasteiger partial charge >= 0.3 is 0 Å². The summed E-state index contributed by atoms with van der Waals surface area (Å²) in [5.41, 5.74) is -0.442. The van der Waals surface area contributed by atoms with Crippen molar-refractivity contribution in [3.8, 4) is 17.0 Å². The number of nitrogens with one attached hydrogen (secondary N) is 1. The predicted octanol–water partition coefficient (Wildman–Crippen LogP) is 3.57. The number of anilines is 1. The van der Waals surface area contributed by atoms with E-state index in [0.29, 0.717) is 43.6 Å². The SMILES string of the molecule is COc1ccc(-c2cnc(C(=O)Nc3ccc(C(=O)N4CCN(C(=O)[C@@H]5C[C@@H](O)C[N+]5(C)C)CC4)c(Cl)c3)n2C)c(C(F)F)c1F. The second-order valence-electron chi connectivity index (χ2n) is 12.0. The Hall–Kier alpha value is -4.14. The molecule has 2 N–H and O–H groups in total. The number of halogens is 4. The molecule has 2 aliphatic heterocycles. The fourth-order valence-electron chi connectivity index (χ4n) is 6.19. The van der Waals surface area contributed by atoms with Gasteiger partial charge in [0.2, 0.25) is 0 Å². The Morgan fingerprint density at radius 1 is 1.11 bits per heavy atom. The molecule has 3 aromatic rings. The Kier molecular flexibility index (Phi) is 9.34. The van der Waals surface area contributed by atoms with Crippen LogP contribution in [0.25, 0.3) is 11.3 Å². The van der Waals surface area contributed by atoms with E-state index in [1.807, 2.05) is 14.1 Å². The molecule has 0 unspecified atom stereocenters. The molecule has 3 heterocycles. The van der Waals surface area contributed by atoms with Gasteiger partial charge in [-0.05, 0) is 30.3 Å². The van der Waals surface area contributed by atoms with Crippen LogP contribution in [0.15, 0.2) is 36.5 Å². The van der Waals surface area contributed by atoms with Crippen LogP contribution in [0.4, 0.5) is 18.9 Å². The maximum Gasteiger partial charge on any atom is 0.291 e. The van der Waals surface area contributed by atoms with E-state index in [1.165, 1.54) is 55.3 Å². The topological polar surface area (TPSA) is 117 Å². The van der Waals surface area contributed by atoms with E-state index >= 15 is 0 Å². The van der Waals surface area contributed by atoms with Crippen LogP contribution < -0.4 is 10.1 Å². The number of imidazole rings is 1. The lowest BCUT2D eigenvalue weighted by Gasteiger charge is -2.38. The van der Waals surface area contributed by atoms with Crippen LogP contribution in [0.2, 0.25) is 5.02 Å². The molecule has 2 saturated heterocycles. The summed E-state index contributed by atoms with van der Waals surface area (Å²) in [6.07, 6.45) is -2.06. The number of likely N-dealkylation sites (tertiary alicyclic amines) is 1. The van der Waals surface area contributed by atoms with E-state index in [2.05, 4.69) is 10.3 Å². The van der Waals surface area contributed by atoms with Crippen molar-refractivity contribution in [1.82, 2.24) is 19.4 Å². The first kappa shape index (κ1) is 33.2. The summed E-state index contributed by atoms with van der Waals surface area (Å²) in [6.45, 7) is 1.86. The number of hydrogen-bond acceptors (Lipinski definition) is 6. The van der Waals surface area contributed by atoms with Gasteiger partial charge in [0.15, 0.2) is 23.4 Å². The largest absolute Gasteiger partial charge is 0.494 e. The minimum Gasteiger partial charge on any atom is -0.494 e. The number of methoxy groups -OCH3 is 1. The Bertz CT molecular complexity index is 1670. The highest BCUT2D eigenvalue weighted by atomic mass is 35.5. The molecule has 46 heavy (non-hydrogen) atoms. The number of rotatable bonds is 7.